The number of ketones is 1. The normalized spacial score (nSPS) is 19.8. The van der Waals surface area contributed by atoms with Crippen molar-refractivity contribution in [3.8, 4) is 0 Å². The van der Waals surface area contributed by atoms with Crippen LogP contribution in [0.4, 0.5) is 0 Å². The molecule has 0 amide bonds. The first-order chi connectivity index (χ1) is 6.04. The van der Waals surface area contributed by atoms with Gasteiger partial charge in [-0.2, -0.15) is 0 Å². The minimum atomic E-state index is -0.00174. The monoisotopic (exact) mass is 186 g/mol. The van der Waals surface area contributed by atoms with Crippen LogP contribution < -0.4 is 0 Å². The highest BCUT2D eigenvalue weighted by Gasteiger charge is 2.29. The molecule has 76 valence electrons. The third-order valence-corrected chi connectivity index (χ3v) is 2.31. The van der Waals surface area contributed by atoms with Gasteiger partial charge in [0.15, 0.2) is 0 Å². The first-order valence-corrected chi connectivity index (χ1v) is 4.54. The van der Waals surface area contributed by atoms with Crippen molar-refractivity contribution in [1.82, 2.24) is 0 Å². The number of hydrogen-bond acceptors (Lipinski definition) is 3. The Kier molecular flexibility index (Phi) is 5.35. The molecule has 0 spiro atoms. The predicted octanol–water partition coefficient (Wildman–Crippen LogP) is 1.94. The fourth-order valence-electron chi connectivity index (χ4n) is 1.33. The lowest BCUT2D eigenvalue weighted by Gasteiger charge is -2.27. The molecule has 13 heavy (non-hydrogen) atoms. The van der Waals surface area contributed by atoms with Crippen LogP contribution in [0.1, 0.15) is 39.5 Å². The van der Waals surface area contributed by atoms with Crippen LogP contribution in [0.15, 0.2) is 0 Å². The fourth-order valence-corrected chi connectivity index (χ4v) is 1.33. The maximum absolute atomic E-state index is 11.1. The first-order valence-electron chi connectivity index (χ1n) is 4.54. The van der Waals surface area contributed by atoms with E-state index in [9.17, 15) is 4.79 Å². The number of methoxy groups -OCH3 is 1. The molecule has 3 nitrogen and oxygen atoms in total. The van der Waals surface area contributed by atoms with E-state index in [2.05, 4.69) is 18.6 Å². The average Bonchev–Trinajstić information content (AvgIpc) is 2.11. The quantitative estimate of drug-likeness (QED) is 0.588. The van der Waals surface area contributed by atoms with Gasteiger partial charge in [0.25, 0.3) is 6.47 Å². The van der Waals surface area contributed by atoms with Crippen molar-refractivity contribution in [2.45, 2.75) is 39.5 Å². The highest BCUT2D eigenvalue weighted by molar-refractivity contribution is 5.84. The van der Waals surface area contributed by atoms with Gasteiger partial charge in [-0.3, -0.25) is 9.59 Å². The summed E-state index contributed by atoms with van der Waals surface area (Å²) >= 11 is 0. The van der Waals surface area contributed by atoms with Crippen molar-refractivity contribution in [2.75, 3.05) is 7.11 Å². The number of hydrogen-bond donors (Lipinski definition) is 0. The van der Waals surface area contributed by atoms with E-state index in [4.69, 9.17) is 4.79 Å². The van der Waals surface area contributed by atoms with Crippen LogP contribution in [0.25, 0.3) is 0 Å². The lowest BCUT2D eigenvalue weighted by Crippen LogP contribution is -2.27. The van der Waals surface area contributed by atoms with Gasteiger partial charge in [-0.25, -0.2) is 0 Å². The molecule has 0 atom stereocenters. The Morgan fingerprint density at radius 3 is 2.15 bits per heavy atom. The second-order valence-corrected chi connectivity index (χ2v) is 3.85. The minimum Gasteiger partial charge on any atom is -0.471 e. The molecule has 3 heteroatoms. The Balaban J connectivity index is 0.000000310. The second kappa shape index (κ2) is 5.73. The van der Waals surface area contributed by atoms with Crippen molar-refractivity contribution in [1.29, 1.82) is 0 Å². The molecule has 0 heterocycles. The maximum atomic E-state index is 11.1. The predicted molar refractivity (Wildman–Crippen MR) is 50.3 cm³/mol. The summed E-state index contributed by atoms with van der Waals surface area (Å²) in [5.74, 6) is 0.453. The minimum absolute atomic E-state index is 0.00174. The zero-order valence-electron chi connectivity index (χ0n) is 8.63. The van der Waals surface area contributed by atoms with Gasteiger partial charge in [-0.05, 0) is 12.8 Å². The number of Topliss-reactive ketones (excluding diaryl/α,β-unsaturated/α-hetero) is 1. The van der Waals surface area contributed by atoms with Gasteiger partial charge in [-0.15, -0.1) is 0 Å². The highest BCUT2D eigenvalue weighted by Crippen LogP contribution is 2.31. The van der Waals surface area contributed by atoms with Gasteiger partial charge in [0, 0.05) is 11.8 Å². The standard InChI is InChI=1S/C8H14O.C2H4O2/c1-8(2)6-4-3-5-7(8)9;1-4-2-3/h3-6H2,1-2H3;2H,1H3. The molecular weight excluding hydrogens is 168 g/mol. The van der Waals surface area contributed by atoms with Crippen LogP contribution in [0.5, 0.6) is 0 Å². The van der Waals surface area contributed by atoms with E-state index >= 15 is 0 Å². The molecule has 0 aromatic rings. The summed E-state index contributed by atoms with van der Waals surface area (Å²) in [6.07, 6.45) is 4.25. The van der Waals surface area contributed by atoms with E-state index < -0.39 is 0 Å². The van der Waals surface area contributed by atoms with Gasteiger partial charge in [0.2, 0.25) is 0 Å². The Bertz CT molecular complexity index is 173. The summed E-state index contributed by atoms with van der Waals surface area (Å²) in [5.41, 5.74) is -0.00174. The molecule has 1 aliphatic rings. The Labute approximate surface area is 79.5 Å². The summed E-state index contributed by atoms with van der Waals surface area (Å²) in [6.45, 7) is 4.48. The van der Waals surface area contributed by atoms with Gasteiger partial charge in [-0.1, -0.05) is 20.3 Å². The second-order valence-electron chi connectivity index (χ2n) is 3.85. The fraction of sp³-hybridized carbons (Fsp3) is 0.800. The van der Waals surface area contributed by atoms with Gasteiger partial charge in [0.05, 0.1) is 7.11 Å². The van der Waals surface area contributed by atoms with E-state index in [0.717, 1.165) is 19.3 Å². The molecule has 0 aromatic carbocycles. The van der Waals surface area contributed by atoms with Crippen molar-refractivity contribution in [2.24, 2.45) is 5.41 Å². The summed E-state index contributed by atoms with van der Waals surface area (Å²) in [6, 6.07) is 0. The zero-order valence-corrected chi connectivity index (χ0v) is 8.63. The van der Waals surface area contributed by atoms with E-state index in [0.29, 0.717) is 12.3 Å². The average molecular weight is 186 g/mol. The molecule has 0 saturated heterocycles. The summed E-state index contributed by atoms with van der Waals surface area (Å²) < 4.78 is 3.86. The molecular formula is C10H18O3. The number of rotatable bonds is 1. The molecule has 0 bridgehead atoms. The Hall–Kier alpha value is -0.860. The number of carbonyl (C=O) groups is 2. The molecule has 0 aromatic heterocycles. The van der Waals surface area contributed by atoms with E-state index in [-0.39, 0.29) is 5.41 Å². The van der Waals surface area contributed by atoms with Crippen LogP contribution in [0, 0.1) is 5.41 Å². The molecule has 0 aliphatic heterocycles. The lowest BCUT2D eigenvalue weighted by molar-refractivity contribution is -0.129. The van der Waals surface area contributed by atoms with Crippen LogP contribution in [-0.2, 0) is 14.3 Å². The number of ether oxygens (including phenoxy) is 1. The van der Waals surface area contributed by atoms with Crippen molar-refractivity contribution >= 4 is 12.3 Å². The molecule has 1 rings (SSSR count). The molecule has 1 aliphatic carbocycles. The molecule has 0 N–H and O–H groups in total. The van der Waals surface area contributed by atoms with Crippen LogP contribution in [-0.4, -0.2) is 19.4 Å². The molecule has 0 unspecified atom stereocenters. The van der Waals surface area contributed by atoms with Crippen LogP contribution >= 0.6 is 0 Å². The third-order valence-electron chi connectivity index (χ3n) is 2.31. The molecule has 1 fully saturated rings. The SMILES string of the molecule is CC1(C)CCCCC1=O.COC=O. The topological polar surface area (TPSA) is 43.4 Å². The van der Waals surface area contributed by atoms with Gasteiger partial charge < -0.3 is 4.74 Å². The molecule has 0 radical (unpaired) electrons. The summed E-state index contributed by atoms with van der Waals surface area (Å²) in [4.78, 5) is 20.1. The number of carbonyl (C=O) groups excluding carboxylic acids is 2. The van der Waals surface area contributed by atoms with Crippen molar-refractivity contribution in [3.63, 3.8) is 0 Å². The Morgan fingerprint density at radius 2 is 1.92 bits per heavy atom. The zero-order chi connectivity index (χ0) is 10.3. The van der Waals surface area contributed by atoms with E-state index in [1.807, 2.05) is 0 Å². The van der Waals surface area contributed by atoms with Crippen molar-refractivity contribution in [3.05, 3.63) is 0 Å². The third kappa shape index (κ3) is 4.65. The summed E-state index contributed by atoms with van der Waals surface area (Å²) in [5, 5.41) is 0. The van der Waals surface area contributed by atoms with Gasteiger partial charge in [0.1, 0.15) is 5.78 Å². The van der Waals surface area contributed by atoms with Crippen molar-refractivity contribution < 1.29 is 14.3 Å². The first kappa shape index (κ1) is 12.1. The molecule has 1 saturated carbocycles. The summed E-state index contributed by atoms with van der Waals surface area (Å²) in [7, 11) is 1.31. The smallest absolute Gasteiger partial charge is 0.292 e. The van der Waals surface area contributed by atoms with E-state index in [1.165, 1.54) is 13.5 Å². The van der Waals surface area contributed by atoms with Crippen LogP contribution in [0.2, 0.25) is 0 Å². The lowest BCUT2D eigenvalue weighted by atomic mass is 9.76. The largest absolute Gasteiger partial charge is 0.471 e. The maximum Gasteiger partial charge on any atom is 0.292 e. The highest BCUT2D eigenvalue weighted by atomic mass is 16.5. The van der Waals surface area contributed by atoms with Gasteiger partial charge >= 0.3 is 0 Å². The van der Waals surface area contributed by atoms with E-state index in [1.54, 1.807) is 0 Å². The van der Waals surface area contributed by atoms with Crippen LogP contribution in [0.3, 0.4) is 0 Å². The Morgan fingerprint density at radius 1 is 1.38 bits per heavy atom.